The molecule has 0 fully saturated rings. The molecule has 0 bridgehead atoms. The number of nitrogens with zero attached hydrogens (tertiary/aromatic N) is 2. The van der Waals surface area contributed by atoms with Crippen molar-refractivity contribution in [2.75, 3.05) is 0 Å². The zero-order chi connectivity index (χ0) is 23.1. The van der Waals surface area contributed by atoms with Gasteiger partial charge in [-0.3, -0.25) is 4.98 Å². The number of aromatic nitrogens is 1. The van der Waals surface area contributed by atoms with Gasteiger partial charge in [-0.2, -0.15) is 16.6 Å². The predicted octanol–water partition coefficient (Wildman–Crippen LogP) is 8.39. The largest absolute Gasteiger partial charge is 0.255 e. The zero-order valence-corrected chi connectivity index (χ0v) is 20.6. The Kier molecular flexibility index (Phi) is 5.69. The van der Waals surface area contributed by atoms with Crippen molar-refractivity contribution in [3.63, 3.8) is 0 Å². The molecule has 2 nitrogen and oxygen atoms in total. The molecule has 0 amide bonds. The summed E-state index contributed by atoms with van der Waals surface area (Å²) in [5.74, 6) is 0. The summed E-state index contributed by atoms with van der Waals surface area (Å²) in [5, 5.41) is 16.7. The lowest BCUT2D eigenvalue weighted by Crippen LogP contribution is -2.12. The van der Waals surface area contributed by atoms with Crippen LogP contribution >= 0.6 is 11.3 Å². The average molecular weight is 439 g/mol. The molecule has 0 saturated carbocycles. The van der Waals surface area contributed by atoms with Crippen molar-refractivity contribution < 1.29 is 0 Å². The van der Waals surface area contributed by atoms with Crippen molar-refractivity contribution in [3.8, 4) is 28.5 Å². The van der Waals surface area contributed by atoms with E-state index in [4.69, 9.17) is 4.98 Å². The van der Waals surface area contributed by atoms with Gasteiger partial charge in [-0.1, -0.05) is 65.8 Å². The Morgan fingerprint density at radius 2 is 1.69 bits per heavy atom. The Balaban J connectivity index is 1.91. The molecule has 2 aromatic carbocycles. The van der Waals surface area contributed by atoms with Gasteiger partial charge in [-0.05, 0) is 73.7 Å². The van der Waals surface area contributed by atoms with Gasteiger partial charge in [0.2, 0.25) is 0 Å². The number of fused-ring (bicyclic) bond motifs is 1. The van der Waals surface area contributed by atoms with Gasteiger partial charge in [-0.25, -0.2) is 0 Å². The van der Waals surface area contributed by atoms with Crippen LogP contribution in [0.15, 0.2) is 59.4 Å². The molecule has 2 aromatic heterocycles. The number of benzene rings is 2. The Morgan fingerprint density at radius 3 is 2.38 bits per heavy atom. The summed E-state index contributed by atoms with van der Waals surface area (Å²) in [6.07, 6.45) is 2.70. The molecule has 0 unspecified atom stereocenters. The van der Waals surface area contributed by atoms with Crippen molar-refractivity contribution in [2.24, 2.45) is 5.41 Å². The van der Waals surface area contributed by atoms with E-state index in [9.17, 15) is 5.26 Å². The normalized spacial score (nSPS) is 12.2. The second kappa shape index (κ2) is 8.19. The van der Waals surface area contributed by atoms with Crippen LogP contribution < -0.4 is 0 Å². The molecule has 0 atom stereocenters. The monoisotopic (exact) mass is 438 g/mol. The Bertz CT molecular complexity index is 1320. The summed E-state index contributed by atoms with van der Waals surface area (Å²) in [4.78, 5) is 4.71. The van der Waals surface area contributed by atoms with Crippen LogP contribution in [0.3, 0.4) is 0 Å². The van der Waals surface area contributed by atoms with E-state index < -0.39 is 0 Å². The zero-order valence-electron chi connectivity index (χ0n) is 19.8. The Morgan fingerprint density at radius 1 is 0.938 bits per heavy atom. The Hall–Kier alpha value is -2.96. The van der Waals surface area contributed by atoms with E-state index in [1.807, 2.05) is 0 Å². The first-order valence-corrected chi connectivity index (χ1v) is 12.0. The van der Waals surface area contributed by atoms with E-state index in [1.54, 1.807) is 17.5 Å². The molecular weight excluding hydrogens is 408 g/mol. The number of thiophene rings is 1. The van der Waals surface area contributed by atoms with Gasteiger partial charge in [0.15, 0.2) is 0 Å². The Labute approximate surface area is 195 Å². The molecule has 0 radical (unpaired) electrons. The van der Waals surface area contributed by atoms with Gasteiger partial charge in [0, 0.05) is 17.3 Å². The third-order valence-corrected chi connectivity index (χ3v) is 6.54. The molecule has 0 aliphatic carbocycles. The summed E-state index contributed by atoms with van der Waals surface area (Å²) in [6, 6.07) is 17.5. The van der Waals surface area contributed by atoms with Crippen LogP contribution in [0, 0.1) is 16.7 Å². The van der Waals surface area contributed by atoms with Crippen LogP contribution in [-0.4, -0.2) is 4.98 Å². The number of nitriles is 1. The predicted molar refractivity (Wildman–Crippen MR) is 137 cm³/mol. The van der Waals surface area contributed by atoms with Crippen LogP contribution in [0.1, 0.15) is 58.2 Å². The second-order valence-corrected chi connectivity index (χ2v) is 11.5. The van der Waals surface area contributed by atoms with Gasteiger partial charge in [0.1, 0.15) is 6.07 Å². The summed E-state index contributed by atoms with van der Waals surface area (Å²) >= 11 is 1.70. The van der Waals surface area contributed by atoms with Crippen molar-refractivity contribution in [1.29, 1.82) is 5.26 Å². The minimum atomic E-state index is 0.0122. The summed E-state index contributed by atoms with van der Waals surface area (Å²) in [7, 11) is 0. The van der Waals surface area contributed by atoms with Crippen LogP contribution in [0.2, 0.25) is 0 Å². The molecule has 3 heteroatoms. The second-order valence-electron chi connectivity index (χ2n) is 10.8. The molecule has 2 heterocycles. The van der Waals surface area contributed by atoms with E-state index in [0.29, 0.717) is 5.56 Å². The minimum absolute atomic E-state index is 0.0122. The first kappa shape index (κ1) is 22.2. The molecule has 0 aliphatic rings. The first-order valence-electron chi connectivity index (χ1n) is 11.1. The van der Waals surface area contributed by atoms with Gasteiger partial charge >= 0.3 is 0 Å². The lowest BCUT2D eigenvalue weighted by molar-refractivity contribution is 0.412. The van der Waals surface area contributed by atoms with E-state index in [0.717, 1.165) is 28.8 Å². The lowest BCUT2D eigenvalue weighted by atomic mass is 9.82. The van der Waals surface area contributed by atoms with Gasteiger partial charge < -0.3 is 0 Å². The maximum Gasteiger partial charge on any atom is 0.101 e. The topological polar surface area (TPSA) is 36.7 Å². The third kappa shape index (κ3) is 4.47. The lowest BCUT2D eigenvalue weighted by Gasteiger charge is -2.23. The fourth-order valence-electron chi connectivity index (χ4n) is 4.27. The van der Waals surface area contributed by atoms with Gasteiger partial charge in [0.05, 0.1) is 11.3 Å². The minimum Gasteiger partial charge on any atom is -0.255 e. The smallest absolute Gasteiger partial charge is 0.101 e. The molecule has 0 aliphatic heterocycles. The summed E-state index contributed by atoms with van der Waals surface area (Å²) in [5.41, 5.74) is 7.54. The highest BCUT2D eigenvalue weighted by atomic mass is 32.1. The third-order valence-electron chi connectivity index (χ3n) is 5.74. The number of hydrogen-bond donors (Lipinski definition) is 0. The maximum absolute atomic E-state index is 9.81. The SMILES string of the molecule is CC(C)(C)Cc1cscc1-c1cc(-c2cc(C(C)(C)C)c3ccccc3c2)ncc1C#N. The molecule has 4 rings (SSSR count). The molecular formula is C29H30N2S. The van der Waals surface area contributed by atoms with Gasteiger partial charge in [0.25, 0.3) is 0 Å². The highest BCUT2D eigenvalue weighted by Gasteiger charge is 2.21. The van der Waals surface area contributed by atoms with Crippen molar-refractivity contribution >= 4 is 22.1 Å². The summed E-state index contributed by atoms with van der Waals surface area (Å²) < 4.78 is 0. The standard InChI is InChI=1S/C29H30N2S/c1-28(2,3)14-21-17-32-18-25(21)24-13-27(31-16-22(24)15-30)20-11-19-9-7-8-10-23(19)26(12-20)29(4,5)6/h7-13,16-18H,14H2,1-6H3. The molecule has 32 heavy (non-hydrogen) atoms. The fraction of sp³-hybridized carbons (Fsp3) is 0.310. The molecule has 4 aromatic rings. The van der Waals surface area contributed by atoms with Crippen molar-refractivity contribution in [1.82, 2.24) is 4.98 Å². The van der Waals surface area contributed by atoms with E-state index in [2.05, 4.69) is 101 Å². The van der Waals surface area contributed by atoms with Crippen molar-refractivity contribution in [2.45, 2.75) is 53.4 Å². The quantitative estimate of drug-likeness (QED) is 0.322. The van der Waals surface area contributed by atoms with Crippen LogP contribution in [0.5, 0.6) is 0 Å². The van der Waals surface area contributed by atoms with Crippen LogP contribution in [-0.2, 0) is 11.8 Å². The number of pyridine rings is 1. The van der Waals surface area contributed by atoms with Crippen LogP contribution in [0.25, 0.3) is 33.2 Å². The summed E-state index contributed by atoms with van der Waals surface area (Å²) in [6.45, 7) is 13.5. The average Bonchev–Trinajstić information content (AvgIpc) is 3.17. The molecule has 0 N–H and O–H groups in total. The van der Waals surface area contributed by atoms with Crippen molar-refractivity contribution in [3.05, 3.63) is 76.1 Å². The first-order chi connectivity index (χ1) is 15.1. The number of hydrogen-bond acceptors (Lipinski definition) is 3. The molecule has 0 saturated heterocycles. The molecule has 0 spiro atoms. The van der Waals surface area contributed by atoms with E-state index in [1.165, 1.54) is 21.9 Å². The van der Waals surface area contributed by atoms with E-state index >= 15 is 0 Å². The van der Waals surface area contributed by atoms with Crippen LogP contribution in [0.4, 0.5) is 0 Å². The van der Waals surface area contributed by atoms with E-state index in [-0.39, 0.29) is 10.8 Å². The highest BCUT2D eigenvalue weighted by Crippen LogP contribution is 2.38. The number of rotatable bonds is 3. The fourth-order valence-corrected chi connectivity index (χ4v) is 5.13. The van der Waals surface area contributed by atoms with Gasteiger partial charge in [-0.15, -0.1) is 0 Å². The highest BCUT2D eigenvalue weighted by molar-refractivity contribution is 7.08. The molecule has 162 valence electrons. The maximum atomic E-state index is 9.81.